The maximum Gasteiger partial charge on any atom is 0.0682 e. The molecule has 0 aromatic heterocycles. The van der Waals surface area contributed by atoms with Crippen molar-refractivity contribution >= 4 is 33.4 Å². The minimum atomic E-state index is 0.0987. The molecule has 1 fully saturated rings. The van der Waals surface area contributed by atoms with Gasteiger partial charge in [0.15, 0.2) is 0 Å². The molecule has 94 valence electrons. The molecule has 1 saturated heterocycles. The number of rotatable bonds is 2. The normalized spacial score (nSPS) is 25.1. The molecule has 4 heteroatoms. The van der Waals surface area contributed by atoms with E-state index in [4.69, 9.17) is 5.11 Å². The second-order valence-electron chi connectivity index (χ2n) is 4.61. The molecule has 1 aliphatic heterocycles. The van der Waals surface area contributed by atoms with Crippen LogP contribution in [0.5, 0.6) is 0 Å². The first kappa shape index (κ1) is 13.2. The van der Waals surface area contributed by atoms with Crippen LogP contribution in [0.4, 0.5) is 5.69 Å². The van der Waals surface area contributed by atoms with E-state index in [0.717, 1.165) is 23.1 Å². The van der Waals surface area contributed by atoms with Crippen LogP contribution in [0.15, 0.2) is 22.7 Å². The zero-order chi connectivity index (χ0) is 12.4. The molecule has 0 spiro atoms. The number of benzene rings is 1. The molecule has 1 aromatic rings. The molecule has 17 heavy (non-hydrogen) atoms. The lowest BCUT2D eigenvalue weighted by Gasteiger charge is -2.36. The van der Waals surface area contributed by atoms with Gasteiger partial charge in [-0.2, -0.15) is 11.8 Å². The Morgan fingerprint density at radius 2 is 2.00 bits per heavy atom. The van der Waals surface area contributed by atoms with E-state index >= 15 is 0 Å². The van der Waals surface area contributed by atoms with Gasteiger partial charge in [0, 0.05) is 28.1 Å². The molecular weight excluding hydrogens is 298 g/mol. The number of aliphatic hydroxyl groups excluding tert-OH is 1. The fourth-order valence-corrected chi connectivity index (χ4v) is 4.28. The molecule has 2 nitrogen and oxygen atoms in total. The first-order valence-corrected chi connectivity index (χ1v) is 7.63. The van der Waals surface area contributed by atoms with Crippen LogP contribution in [0.1, 0.15) is 19.4 Å². The van der Waals surface area contributed by atoms with Crippen molar-refractivity contribution in [3.05, 3.63) is 28.2 Å². The summed E-state index contributed by atoms with van der Waals surface area (Å²) in [4.78, 5) is 2.43. The summed E-state index contributed by atoms with van der Waals surface area (Å²) < 4.78 is 1.08. The van der Waals surface area contributed by atoms with Gasteiger partial charge >= 0.3 is 0 Å². The van der Waals surface area contributed by atoms with E-state index in [1.165, 1.54) is 5.69 Å². The quantitative estimate of drug-likeness (QED) is 0.906. The summed E-state index contributed by atoms with van der Waals surface area (Å²) in [5.41, 5.74) is 2.19. The minimum absolute atomic E-state index is 0.0987. The van der Waals surface area contributed by atoms with Crippen LogP contribution in [0.25, 0.3) is 0 Å². The summed E-state index contributed by atoms with van der Waals surface area (Å²) in [7, 11) is 0. The summed E-state index contributed by atoms with van der Waals surface area (Å²) >= 11 is 5.66. The van der Waals surface area contributed by atoms with Gasteiger partial charge in [-0.15, -0.1) is 0 Å². The Kier molecular flexibility index (Phi) is 4.39. The average molecular weight is 316 g/mol. The van der Waals surface area contributed by atoms with E-state index in [1.807, 2.05) is 12.1 Å². The van der Waals surface area contributed by atoms with Crippen LogP contribution in [0.3, 0.4) is 0 Å². The SMILES string of the molecule is CC1CN(c2ccc(CO)cc2Br)CC(C)S1. The highest BCUT2D eigenvalue weighted by Gasteiger charge is 2.23. The van der Waals surface area contributed by atoms with Crippen LogP contribution in [0.2, 0.25) is 0 Å². The van der Waals surface area contributed by atoms with Crippen molar-refractivity contribution in [2.75, 3.05) is 18.0 Å². The van der Waals surface area contributed by atoms with Crippen molar-refractivity contribution in [3.63, 3.8) is 0 Å². The van der Waals surface area contributed by atoms with Crippen molar-refractivity contribution in [3.8, 4) is 0 Å². The van der Waals surface area contributed by atoms with Crippen LogP contribution >= 0.6 is 27.7 Å². The third kappa shape index (κ3) is 3.18. The molecule has 1 aliphatic rings. The highest BCUT2D eigenvalue weighted by molar-refractivity contribution is 9.10. The fourth-order valence-electron chi connectivity index (χ4n) is 2.28. The average Bonchev–Trinajstić information content (AvgIpc) is 2.27. The zero-order valence-electron chi connectivity index (χ0n) is 10.2. The maximum atomic E-state index is 9.11. The molecule has 1 aromatic carbocycles. The predicted molar refractivity (Wildman–Crippen MR) is 78.8 cm³/mol. The van der Waals surface area contributed by atoms with E-state index in [-0.39, 0.29) is 6.61 Å². The smallest absolute Gasteiger partial charge is 0.0682 e. The van der Waals surface area contributed by atoms with Crippen LogP contribution in [-0.2, 0) is 6.61 Å². The molecule has 0 bridgehead atoms. The highest BCUT2D eigenvalue weighted by Crippen LogP contribution is 2.33. The number of hydrogen-bond donors (Lipinski definition) is 1. The van der Waals surface area contributed by atoms with Crippen LogP contribution in [0, 0.1) is 0 Å². The number of nitrogens with zero attached hydrogens (tertiary/aromatic N) is 1. The number of thioether (sulfide) groups is 1. The van der Waals surface area contributed by atoms with Gasteiger partial charge in [0.25, 0.3) is 0 Å². The van der Waals surface area contributed by atoms with Gasteiger partial charge in [0.1, 0.15) is 0 Å². The lowest BCUT2D eigenvalue weighted by Crippen LogP contribution is -2.40. The Bertz CT molecular complexity index is 389. The predicted octanol–water partition coefficient (Wildman–Crippen LogP) is 3.27. The van der Waals surface area contributed by atoms with Crippen molar-refractivity contribution in [2.45, 2.75) is 31.0 Å². The number of aliphatic hydroxyl groups is 1. The third-order valence-electron chi connectivity index (χ3n) is 2.95. The molecule has 0 saturated carbocycles. The summed E-state index contributed by atoms with van der Waals surface area (Å²) in [6.45, 7) is 6.84. The van der Waals surface area contributed by atoms with Crippen molar-refractivity contribution in [1.82, 2.24) is 0 Å². The highest BCUT2D eigenvalue weighted by atomic mass is 79.9. The first-order chi connectivity index (χ1) is 8.10. The van der Waals surface area contributed by atoms with Gasteiger partial charge in [-0.3, -0.25) is 0 Å². The lowest BCUT2D eigenvalue weighted by molar-refractivity contribution is 0.282. The van der Waals surface area contributed by atoms with Gasteiger partial charge in [-0.05, 0) is 33.6 Å². The molecule has 1 N–H and O–H groups in total. The Balaban J connectivity index is 2.21. The van der Waals surface area contributed by atoms with Crippen molar-refractivity contribution in [2.24, 2.45) is 0 Å². The summed E-state index contributed by atoms with van der Waals surface area (Å²) in [5.74, 6) is 0. The van der Waals surface area contributed by atoms with Crippen molar-refractivity contribution in [1.29, 1.82) is 0 Å². The van der Waals surface area contributed by atoms with Crippen LogP contribution < -0.4 is 4.90 Å². The number of anilines is 1. The lowest BCUT2D eigenvalue weighted by atomic mass is 10.2. The van der Waals surface area contributed by atoms with Gasteiger partial charge in [-0.25, -0.2) is 0 Å². The Morgan fingerprint density at radius 3 is 2.53 bits per heavy atom. The summed E-state index contributed by atoms with van der Waals surface area (Å²) in [6.07, 6.45) is 0. The van der Waals surface area contributed by atoms with E-state index in [9.17, 15) is 0 Å². The molecule has 0 radical (unpaired) electrons. The summed E-state index contributed by atoms with van der Waals surface area (Å²) in [5, 5.41) is 10.4. The van der Waals surface area contributed by atoms with Gasteiger partial charge < -0.3 is 10.0 Å². The molecule has 0 aliphatic carbocycles. The number of halogens is 1. The zero-order valence-corrected chi connectivity index (χ0v) is 12.6. The van der Waals surface area contributed by atoms with Gasteiger partial charge in [-0.1, -0.05) is 19.9 Å². The monoisotopic (exact) mass is 315 g/mol. The molecule has 1 heterocycles. The standard InChI is InChI=1S/C13H18BrNOS/c1-9-6-15(7-10(2)17-9)13-4-3-11(8-16)5-12(13)14/h3-5,9-10,16H,6-8H2,1-2H3. The second-order valence-corrected chi connectivity index (χ2v) is 7.34. The van der Waals surface area contributed by atoms with E-state index in [0.29, 0.717) is 10.5 Å². The Hall–Kier alpha value is -0.190. The second kappa shape index (κ2) is 5.63. The van der Waals surface area contributed by atoms with E-state index < -0.39 is 0 Å². The first-order valence-electron chi connectivity index (χ1n) is 5.90. The Labute approximate surface area is 116 Å². The van der Waals surface area contributed by atoms with E-state index in [2.05, 4.69) is 52.5 Å². The number of hydrogen-bond acceptors (Lipinski definition) is 3. The molecule has 2 atom stereocenters. The molecule has 0 amide bonds. The third-order valence-corrected chi connectivity index (χ3v) is 4.82. The van der Waals surface area contributed by atoms with Gasteiger partial charge in [0.2, 0.25) is 0 Å². The van der Waals surface area contributed by atoms with Crippen LogP contribution in [-0.4, -0.2) is 28.7 Å². The van der Waals surface area contributed by atoms with E-state index in [1.54, 1.807) is 0 Å². The van der Waals surface area contributed by atoms with Gasteiger partial charge in [0.05, 0.1) is 12.3 Å². The molecular formula is C13H18BrNOS. The topological polar surface area (TPSA) is 23.5 Å². The maximum absolute atomic E-state index is 9.11. The molecule has 2 rings (SSSR count). The Morgan fingerprint density at radius 1 is 1.35 bits per heavy atom. The molecule has 2 unspecified atom stereocenters. The summed E-state index contributed by atoms with van der Waals surface area (Å²) in [6, 6.07) is 6.11. The minimum Gasteiger partial charge on any atom is -0.392 e. The fraction of sp³-hybridized carbons (Fsp3) is 0.538. The largest absolute Gasteiger partial charge is 0.392 e. The van der Waals surface area contributed by atoms with Crippen molar-refractivity contribution < 1.29 is 5.11 Å².